The molecule has 9 heteroatoms. The Morgan fingerprint density at radius 3 is 2.50 bits per heavy atom. The van der Waals surface area contributed by atoms with Crippen LogP contribution in [0, 0.1) is 6.92 Å². The van der Waals surface area contributed by atoms with Crippen LogP contribution in [0.5, 0.6) is 5.75 Å². The van der Waals surface area contributed by atoms with Crippen molar-refractivity contribution in [2.75, 3.05) is 50.1 Å². The second kappa shape index (κ2) is 7.61. The number of likely N-dealkylation sites (N-methyl/N-ethyl adjacent to an activating group) is 2. The fourth-order valence-electron chi connectivity index (χ4n) is 4.48. The van der Waals surface area contributed by atoms with Gasteiger partial charge in [0.15, 0.2) is 5.82 Å². The van der Waals surface area contributed by atoms with Crippen molar-refractivity contribution >= 4 is 11.5 Å². The van der Waals surface area contributed by atoms with E-state index >= 15 is 0 Å². The van der Waals surface area contributed by atoms with Crippen LogP contribution in [-0.2, 0) is 6.18 Å². The van der Waals surface area contributed by atoms with Gasteiger partial charge in [-0.2, -0.15) is 13.2 Å². The van der Waals surface area contributed by atoms with Crippen molar-refractivity contribution in [1.82, 2.24) is 15.1 Å². The normalized spacial score (nSPS) is 20.4. The highest BCUT2D eigenvalue weighted by atomic mass is 19.4. The summed E-state index contributed by atoms with van der Waals surface area (Å²) in [6, 6.07) is 3.95. The third-order valence-corrected chi connectivity index (χ3v) is 6.05. The van der Waals surface area contributed by atoms with Gasteiger partial charge in [0.1, 0.15) is 5.75 Å². The largest absolute Gasteiger partial charge is 0.507 e. The molecular formula is C21H26F3N5O. The molecule has 1 atom stereocenters. The molecule has 2 aliphatic rings. The summed E-state index contributed by atoms with van der Waals surface area (Å²) in [7, 11) is 4.09. The molecule has 3 heterocycles. The van der Waals surface area contributed by atoms with Crippen LogP contribution < -0.4 is 9.80 Å². The van der Waals surface area contributed by atoms with Crippen molar-refractivity contribution in [3.8, 4) is 17.0 Å². The number of hydrogen-bond donors (Lipinski definition) is 1. The van der Waals surface area contributed by atoms with E-state index in [4.69, 9.17) is 0 Å². The predicted octanol–water partition coefficient (Wildman–Crippen LogP) is 3.53. The number of aromatic hydroxyl groups is 1. The summed E-state index contributed by atoms with van der Waals surface area (Å²) < 4.78 is 39.2. The number of piperidine rings is 1. The zero-order chi connectivity index (χ0) is 21.6. The van der Waals surface area contributed by atoms with E-state index in [1.807, 2.05) is 13.1 Å². The van der Waals surface area contributed by atoms with Gasteiger partial charge in [0, 0.05) is 38.3 Å². The molecule has 1 N–H and O–H groups in total. The molecule has 0 aliphatic carbocycles. The molecular weight excluding hydrogens is 395 g/mol. The fourth-order valence-corrected chi connectivity index (χ4v) is 4.48. The van der Waals surface area contributed by atoms with E-state index in [1.165, 1.54) is 0 Å². The molecule has 2 aromatic rings. The minimum atomic E-state index is -4.52. The zero-order valence-corrected chi connectivity index (χ0v) is 17.4. The van der Waals surface area contributed by atoms with Crippen LogP contribution in [0.2, 0.25) is 0 Å². The highest BCUT2D eigenvalue weighted by Crippen LogP contribution is 2.41. The minimum absolute atomic E-state index is 0.279. The van der Waals surface area contributed by atoms with Crippen LogP contribution in [0.15, 0.2) is 18.2 Å². The third-order valence-electron chi connectivity index (χ3n) is 6.05. The van der Waals surface area contributed by atoms with Gasteiger partial charge in [-0.1, -0.05) is 0 Å². The van der Waals surface area contributed by atoms with Crippen molar-refractivity contribution < 1.29 is 18.3 Å². The molecule has 1 aromatic heterocycles. The van der Waals surface area contributed by atoms with Gasteiger partial charge in [0.05, 0.1) is 16.9 Å². The lowest BCUT2D eigenvalue weighted by Crippen LogP contribution is -2.51. The van der Waals surface area contributed by atoms with Crippen LogP contribution >= 0.6 is 0 Å². The molecule has 6 nitrogen and oxygen atoms in total. The summed E-state index contributed by atoms with van der Waals surface area (Å²) in [5, 5.41) is 19.1. The van der Waals surface area contributed by atoms with E-state index < -0.39 is 17.5 Å². The zero-order valence-electron chi connectivity index (χ0n) is 17.4. The van der Waals surface area contributed by atoms with Crippen molar-refractivity contribution in [2.45, 2.75) is 32.0 Å². The molecule has 1 unspecified atom stereocenters. The van der Waals surface area contributed by atoms with E-state index in [2.05, 4.69) is 31.9 Å². The first-order chi connectivity index (χ1) is 14.1. The lowest BCUT2D eigenvalue weighted by Gasteiger charge is -2.43. The fraction of sp³-hybridized carbons (Fsp3) is 0.524. The van der Waals surface area contributed by atoms with E-state index in [1.54, 1.807) is 6.92 Å². The van der Waals surface area contributed by atoms with Crippen molar-refractivity contribution in [3.63, 3.8) is 0 Å². The van der Waals surface area contributed by atoms with Crippen LogP contribution in [-0.4, -0.2) is 66.5 Å². The molecule has 0 saturated carbocycles. The van der Waals surface area contributed by atoms with E-state index in [0.29, 0.717) is 17.3 Å². The quantitative estimate of drug-likeness (QED) is 0.801. The van der Waals surface area contributed by atoms with Crippen LogP contribution in [0.3, 0.4) is 0 Å². The molecule has 4 rings (SSSR count). The molecule has 0 bridgehead atoms. The van der Waals surface area contributed by atoms with Crippen molar-refractivity contribution in [3.05, 3.63) is 29.3 Å². The summed E-state index contributed by atoms with van der Waals surface area (Å²) in [5.74, 6) is 0.345. The molecule has 162 valence electrons. The summed E-state index contributed by atoms with van der Waals surface area (Å²) >= 11 is 0. The number of phenolic OH excluding ortho intramolecular Hbond substituents is 1. The molecule has 1 saturated heterocycles. The van der Waals surface area contributed by atoms with Gasteiger partial charge in [-0.15, -0.1) is 10.2 Å². The number of halogens is 3. The third kappa shape index (κ3) is 3.78. The minimum Gasteiger partial charge on any atom is -0.507 e. The van der Waals surface area contributed by atoms with E-state index in [9.17, 15) is 18.3 Å². The van der Waals surface area contributed by atoms with Crippen molar-refractivity contribution in [1.29, 1.82) is 0 Å². The van der Waals surface area contributed by atoms with Gasteiger partial charge in [0.25, 0.3) is 0 Å². The Labute approximate surface area is 173 Å². The number of alkyl halides is 3. The first-order valence-electron chi connectivity index (χ1n) is 10.1. The maximum Gasteiger partial charge on any atom is 0.416 e. The van der Waals surface area contributed by atoms with Gasteiger partial charge in [-0.05, 0) is 57.1 Å². The number of likely N-dealkylation sites (tertiary alicyclic amines) is 1. The summed E-state index contributed by atoms with van der Waals surface area (Å²) in [5.41, 5.74) is 0.948. The van der Waals surface area contributed by atoms with E-state index in [-0.39, 0.29) is 5.56 Å². The first kappa shape index (κ1) is 20.7. The molecule has 1 fully saturated rings. The van der Waals surface area contributed by atoms with Gasteiger partial charge < -0.3 is 19.8 Å². The summed E-state index contributed by atoms with van der Waals surface area (Å²) in [4.78, 5) is 6.69. The molecule has 30 heavy (non-hydrogen) atoms. The number of nitrogens with zero attached hydrogens (tertiary/aromatic N) is 5. The second-order valence-electron chi connectivity index (χ2n) is 8.30. The number of aryl methyl sites for hydroxylation is 1. The number of phenols is 1. The maximum absolute atomic E-state index is 13.1. The number of anilines is 2. The number of aromatic nitrogens is 2. The predicted molar refractivity (Wildman–Crippen MR) is 110 cm³/mol. The number of rotatable bonds is 2. The number of benzene rings is 1. The van der Waals surface area contributed by atoms with Gasteiger partial charge in [-0.3, -0.25) is 0 Å². The number of fused-ring (bicyclic) bond motifs is 1. The second-order valence-corrected chi connectivity index (χ2v) is 8.30. The van der Waals surface area contributed by atoms with Crippen molar-refractivity contribution in [2.24, 2.45) is 0 Å². The lowest BCUT2D eigenvalue weighted by molar-refractivity contribution is -0.137. The van der Waals surface area contributed by atoms with Crippen LogP contribution in [0.25, 0.3) is 11.3 Å². The molecule has 2 aliphatic heterocycles. The monoisotopic (exact) mass is 421 g/mol. The Bertz CT molecular complexity index is 926. The van der Waals surface area contributed by atoms with Gasteiger partial charge in [0.2, 0.25) is 0 Å². The SMILES string of the molecule is Cc1cc(C(F)(F)F)cc(O)c1-c1cc2c(nn1)N(C1CCCN(C)C1)CCN2C. The van der Waals surface area contributed by atoms with E-state index in [0.717, 1.165) is 62.7 Å². The summed E-state index contributed by atoms with van der Waals surface area (Å²) in [6.45, 7) is 5.26. The summed E-state index contributed by atoms with van der Waals surface area (Å²) in [6.07, 6.45) is -2.29. The smallest absolute Gasteiger partial charge is 0.416 e. The van der Waals surface area contributed by atoms with Crippen LogP contribution in [0.4, 0.5) is 24.7 Å². The topological polar surface area (TPSA) is 55.7 Å². The average molecular weight is 421 g/mol. The Hall–Kier alpha value is -2.55. The molecule has 0 amide bonds. The molecule has 0 spiro atoms. The standard InChI is InChI=1S/C21H26F3N5O/c1-13-9-14(21(22,23)24)10-18(30)19(13)16-11-17-20(26-25-16)29(8-7-28(17)3)15-5-4-6-27(2)12-15/h9-11,15,30H,4-8,12H2,1-3H3. The van der Waals surface area contributed by atoms with Crippen LogP contribution in [0.1, 0.15) is 24.0 Å². The molecule has 1 aromatic carbocycles. The highest BCUT2D eigenvalue weighted by Gasteiger charge is 2.33. The lowest BCUT2D eigenvalue weighted by atomic mass is 9.99. The Balaban J connectivity index is 1.72. The Morgan fingerprint density at radius 2 is 1.83 bits per heavy atom. The van der Waals surface area contributed by atoms with Gasteiger partial charge >= 0.3 is 6.18 Å². The maximum atomic E-state index is 13.1. The Kier molecular flexibility index (Phi) is 5.25. The first-order valence-corrected chi connectivity index (χ1v) is 10.1. The molecule has 0 radical (unpaired) electrons. The average Bonchev–Trinajstić information content (AvgIpc) is 2.67. The Morgan fingerprint density at radius 1 is 1.07 bits per heavy atom. The number of hydrogen-bond acceptors (Lipinski definition) is 6. The highest BCUT2D eigenvalue weighted by molar-refractivity contribution is 5.78. The van der Waals surface area contributed by atoms with Gasteiger partial charge in [-0.25, -0.2) is 0 Å².